The van der Waals surface area contributed by atoms with E-state index < -0.39 is 0 Å². The zero-order valence-electron chi connectivity index (χ0n) is 19.9. The highest BCUT2D eigenvalue weighted by molar-refractivity contribution is 6.06. The van der Waals surface area contributed by atoms with E-state index in [1.54, 1.807) is 17.1 Å². The van der Waals surface area contributed by atoms with Crippen molar-refractivity contribution >= 4 is 27.8 Å². The first-order valence-corrected chi connectivity index (χ1v) is 11.8. The van der Waals surface area contributed by atoms with Crippen LogP contribution >= 0.6 is 0 Å². The standard InChI is InChI=1S/C26H30N6O2/c1-4-6-9-32-16-21(19-7-8-27-24(19)26(32)34)20-14-18(15-22-23(20)28-17-29(22)3)25(33)31-12-10-30(5-2)11-13-31/h4,6-8,14-17,27H,5,9-13H2,1-3H3/b6-4+. The fourth-order valence-electron chi connectivity index (χ4n) is 4.78. The molecule has 0 aliphatic carbocycles. The van der Waals surface area contributed by atoms with Gasteiger partial charge in [-0.15, -0.1) is 0 Å². The molecule has 1 aliphatic heterocycles. The van der Waals surface area contributed by atoms with Crippen molar-refractivity contribution in [3.05, 3.63) is 65.0 Å². The zero-order chi connectivity index (χ0) is 23.8. The molecule has 5 rings (SSSR count). The first-order chi connectivity index (χ1) is 16.5. The van der Waals surface area contributed by atoms with Gasteiger partial charge in [0.05, 0.1) is 17.4 Å². The van der Waals surface area contributed by atoms with Gasteiger partial charge >= 0.3 is 0 Å². The third-order valence-corrected chi connectivity index (χ3v) is 6.81. The second-order valence-corrected chi connectivity index (χ2v) is 8.81. The Morgan fingerprint density at radius 3 is 2.71 bits per heavy atom. The van der Waals surface area contributed by atoms with Gasteiger partial charge in [0, 0.05) is 74.2 Å². The van der Waals surface area contributed by atoms with Gasteiger partial charge in [-0.05, 0) is 31.7 Å². The Morgan fingerprint density at radius 1 is 1.18 bits per heavy atom. The molecule has 0 bridgehead atoms. The van der Waals surface area contributed by atoms with Gasteiger partial charge < -0.3 is 23.9 Å². The molecular formula is C26H30N6O2. The summed E-state index contributed by atoms with van der Waals surface area (Å²) in [6, 6.07) is 5.79. The van der Waals surface area contributed by atoms with E-state index in [1.165, 1.54) is 0 Å². The summed E-state index contributed by atoms with van der Waals surface area (Å²) in [5.74, 6) is 0.0349. The summed E-state index contributed by atoms with van der Waals surface area (Å²) in [5.41, 5.74) is 4.57. The highest BCUT2D eigenvalue weighted by Crippen LogP contribution is 2.33. The van der Waals surface area contributed by atoms with Crippen LogP contribution in [-0.4, -0.2) is 67.5 Å². The molecule has 0 radical (unpaired) electrons. The Morgan fingerprint density at radius 2 is 1.97 bits per heavy atom. The van der Waals surface area contributed by atoms with Gasteiger partial charge in [0.2, 0.25) is 0 Å². The topological polar surface area (TPSA) is 79.2 Å². The Bertz CT molecular complexity index is 1450. The van der Waals surface area contributed by atoms with E-state index in [9.17, 15) is 9.59 Å². The summed E-state index contributed by atoms with van der Waals surface area (Å²) in [4.78, 5) is 38.6. The fraction of sp³-hybridized carbons (Fsp3) is 0.346. The average Bonchev–Trinajstić information content (AvgIpc) is 3.50. The van der Waals surface area contributed by atoms with E-state index >= 15 is 0 Å². The third-order valence-electron chi connectivity index (χ3n) is 6.81. The minimum absolute atomic E-state index is 0.0349. The number of hydrogen-bond donors (Lipinski definition) is 1. The molecule has 1 amide bonds. The van der Waals surface area contributed by atoms with Crippen molar-refractivity contribution < 1.29 is 4.79 Å². The molecule has 0 spiro atoms. The number of piperazine rings is 1. The predicted molar refractivity (Wildman–Crippen MR) is 135 cm³/mol. The monoisotopic (exact) mass is 458 g/mol. The number of likely N-dealkylation sites (N-methyl/N-ethyl adjacent to an activating group) is 1. The van der Waals surface area contributed by atoms with Crippen LogP contribution in [0.4, 0.5) is 0 Å². The normalized spacial score (nSPS) is 15.2. The average molecular weight is 459 g/mol. The van der Waals surface area contributed by atoms with Gasteiger partial charge in [0.15, 0.2) is 0 Å². The van der Waals surface area contributed by atoms with Crippen LogP contribution in [0.15, 0.2) is 53.9 Å². The van der Waals surface area contributed by atoms with Crippen molar-refractivity contribution in [1.82, 2.24) is 28.9 Å². The van der Waals surface area contributed by atoms with Crippen LogP contribution in [0.25, 0.3) is 33.1 Å². The number of amides is 1. The number of nitrogens with one attached hydrogen (secondary N) is 1. The van der Waals surface area contributed by atoms with Gasteiger partial charge in [0.25, 0.3) is 11.5 Å². The van der Waals surface area contributed by atoms with Crippen molar-refractivity contribution in [2.24, 2.45) is 7.05 Å². The quantitative estimate of drug-likeness (QED) is 0.466. The lowest BCUT2D eigenvalue weighted by Gasteiger charge is -2.34. The summed E-state index contributed by atoms with van der Waals surface area (Å²) < 4.78 is 3.64. The van der Waals surface area contributed by atoms with Crippen LogP contribution in [0.3, 0.4) is 0 Å². The number of aromatic amines is 1. The second-order valence-electron chi connectivity index (χ2n) is 8.81. The number of allylic oxidation sites excluding steroid dienone is 2. The molecule has 0 saturated carbocycles. The summed E-state index contributed by atoms with van der Waals surface area (Å²) in [7, 11) is 1.94. The van der Waals surface area contributed by atoms with Gasteiger partial charge in [-0.2, -0.15) is 0 Å². The number of imidazole rings is 1. The smallest absolute Gasteiger partial charge is 0.275 e. The zero-order valence-corrected chi connectivity index (χ0v) is 19.9. The summed E-state index contributed by atoms with van der Waals surface area (Å²) >= 11 is 0. The van der Waals surface area contributed by atoms with Crippen LogP contribution in [0.5, 0.6) is 0 Å². The molecule has 3 aromatic heterocycles. The summed E-state index contributed by atoms with van der Waals surface area (Å²) in [6.07, 6.45) is 9.32. The molecule has 1 aliphatic rings. The number of H-pyrrole nitrogens is 1. The summed E-state index contributed by atoms with van der Waals surface area (Å²) in [6.45, 7) is 8.80. The highest BCUT2D eigenvalue weighted by Gasteiger charge is 2.24. The van der Waals surface area contributed by atoms with Gasteiger partial charge in [0.1, 0.15) is 5.52 Å². The van der Waals surface area contributed by atoms with E-state index in [0.29, 0.717) is 17.6 Å². The van der Waals surface area contributed by atoms with Crippen LogP contribution < -0.4 is 5.56 Å². The maximum absolute atomic E-state index is 13.5. The number of aromatic nitrogens is 4. The number of nitrogens with zero attached hydrogens (tertiary/aromatic N) is 5. The minimum Gasteiger partial charge on any atom is -0.357 e. The molecular weight excluding hydrogens is 428 g/mol. The Balaban J connectivity index is 1.67. The maximum Gasteiger partial charge on any atom is 0.275 e. The van der Waals surface area contributed by atoms with E-state index in [0.717, 1.165) is 60.3 Å². The van der Waals surface area contributed by atoms with E-state index in [2.05, 4.69) is 21.8 Å². The predicted octanol–water partition coefficient (Wildman–Crippen LogP) is 3.24. The Labute approximate surface area is 198 Å². The summed E-state index contributed by atoms with van der Waals surface area (Å²) in [5, 5.41) is 0.829. The van der Waals surface area contributed by atoms with Crippen molar-refractivity contribution in [2.45, 2.75) is 20.4 Å². The number of carbonyl (C=O) groups excluding carboxylic acids is 1. The molecule has 0 unspecified atom stereocenters. The van der Waals surface area contributed by atoms with Gasteiger partial charge in [-0.25, -0.2) is 4.98 Å². The third kappa shape index (κ3) is 3.74. The van der Waals surface area contributed by atoms with Crippen LogP contribution in [-0.2, 0) is 13.6 Å². The molecule has 0 atom stereocenters. The SMILES string of the molecule is C/C=C/Cn1cc(-c2cc(C(=O)N3CCN(CC)CC3)cc3c2ncn3C)c2cc[nH]c2c1=O. The van der Waals surface area contributed by atoms with E-state index in [1.807, 2.05) is 60.0 Å². The lowest BCUT2D eigenvalue weighted by Crippen LogP contribution is -2.48. The molecule has 34 heavy (non-hydrogen) atoms. The molecule has 4 aromatic rings. The lowest BCUT2D eigenvalue weighted by atomic mass is 9.99. The molecule has 176 valence electrons. The number of carbonyl (C=O) groups is 1. The molecule has 8 heteroatoms. The van der Waals surface area contributed by atoms with E-state index in [4.69, 9.17) is 0 Å². The molecule has 1 aromatic carbocycles. The van der Waals surface area contributed by atoms with E-state index in [-0.39, 0.29) is 11.5 Å². The van der Waals surface area contributed by atoms with Crippen molar-refractivity contribution in [3.63, 3.8) is 0 Å². The first-order valence-electron chi connectivity index (χ1n) is 11.8. The minimum atomic E-state index is -0.0693. The Hall–Kier alpha value is -3.65. The van der Waals surface area contributed by atoms with Gasteiger partial charge in [-0.3, -0.25) is 9.59 Å². The number of aryl methyl sites for hydroxylation is 1. The number of benzene rings is 1. The van der Waals surface area contributed by atoms with Crippen molar-refractivity contribution in [2.75, 3.05) is 32.7 Å². The van der Waals surface area contributed by atoms with Gasteiger partial charge in [-0.1, -0.05) is 19.1 Å². The largest absolute Gasteiger partial charge is 0.357 e. The molecule has 8 nitrogen and oxygen atoms in total. The number of pyridine rings is 1. The molecule has 4 heterocycles. The number of fused-ring (bicyclic) bond motifs is 2. The maximum atomic E-state index is 13.5. The Kier molecular flexibility index (Phi) is 5.83. The lowest BCUT2D eigenvalue weighted by molar-refractivity contribution is 0.0643. The van der Waals surface area contributed by atoms with Crippen LogP contribution in [0.2, 0.25) is 0 Å². The second kappa shape index (κ2) is 8.95. The van der Waals surface area contributed by atoms with Crippen LogP contribution in [0, 0.1) is 0 Å². The van der Waals surface area contributed by atoms with Crippen molar-refractivity contribution in [3.8, 4) is 11.1 Å². The highest BCUT2D eigenvalue weighted by atomic mass is 16.2. The first kappa shape index (κ1) is 22.2. The molecule has 1 saturated heterocycles. The molecule has 1 fully saturated rings. The molecule has 1 N–H and O–H groups in total. The van der Waals surface area contributed by atoms with Crippen molar-refractivity contribution in [1.29, 1.82) is 0 Å². The van der Waals surface area contributed by atoms with Crippen LogP contribution in [0.1, 0.15) is 24.2 Å². The fourth-order valence-corrected chi connectivity index (χ4v) is 4.78. The number of rotatable bonds is 5. The number of hydrogen-bond acceptors (Lipinski definition) is 4.